The molecule has 2 heterocycles. The van der Waals surface area contributed by atoms with Crippen LogP contribution in [-0.2, 0) is 28.6 Å². The van der Waals surface area contributed by atoms with Crippen LogP contribution in [0.4, 0.5) is 0 Å². The zero-order valence-corrected chi connectivity index (χ0v) is 20.3. The van der Waals surface area contributed by atoms with E-state index >= 15 is 0 Å². The van der Waals surface area contributed by atoms with Crippen molar-refractivity contribution < 1.29 is 28.6 Å². The number of hydrogen-bond acceptors (Lipinski definition) is 8. The number of thiophene rings is 1. The fourth-order valence-electron chi connectivity index (χ4n) is 4.34. The van der Waals surface area contributed by atoms with Crippen molar-refractivity contribution >= 4 is 29.1 Å². The number of methoxy groups -OCH3 is 1. The lowest BCUT2D eigenvalue weighted by Crippen LogP contribution is -2.43. The number of rotatable bonds is 7. The molecule has 8 heteroatoms. The molecule has 3 rings (SSSR count). The van der Waals surface area contributed by atoms with Gasteiger partial charge >= 0.3 is 11.9 Å². The van der Waals surface area contributed by atoms with E-state index < -0.39 is 23.8 Å². The lowest BCUT2D eigenvalue weighted by molar-refractivity contribution is -0.151. The predicted octanol–water partition coefficient (Wildman–Crippen LogP) is 3.64. The minimum absolute atomic E-state index is 0.0395. The fourth-order valence-corrected chi connectivity index (χ4v) is 5.34. The van der Waals surface area contributed by atoms with E-state index in [2.05, 4.69) is 5.32 Å². The molecule has 0 fully saturated rings. The quantitative estimate of drug-likeness (QED) is 0.377. The summed E-state index contributed by atoms with van der Waals surface area (Å²) in [5, 5.41) is 3.26. The SMILES string of the molecule is COC(=O)[C@H]1C(=O)C2=C(C[C@H]1C)NC(C)=C(C(=O)OCCOC(C)C)[C@@H]2c1ccc(C)s1. The fraction of sp³-hybridized carbons (Fsp3) is 0.542. The highest BCUT2D eigenvalue weighted by Gasteiger charge is 2.47. The van der Waals surface area contributed by atoms with Gasteiger partial charge in [-0.3, -0.25) is 9.59 Å². The molecule has 2 aliphatic rings. The molecule has 1 N–H and O–H groups in total. The molecule has 0 amide bonds. The first-order valence-corrected chi connectivity index (χ1v) is 11.6. The van der Waals surface area contributed by atoms with Gasteiger partial charge in [0.1, 0.15) is 12.5 Å². The Hall–Kier alpha value is -2.45. The standard InChI is InChI=1S/C24H31NO6S/c1-12(2)30-9-10-31-24(28)19-15(5)25-16-11-13(3)18(23(27)29-6)22(26)20(16)21(19)17-8-7-14(4)32-17/h7-8,12-13,18,21,25H,9-11H2,1-6H3/t13-,18-,21+/m1/s1. The van der Waals surface area contributed by atoms with Crippen LogP contribution in [0.1, 0.15) is 49.8 Å². The average Bonchev–Trinajstić information content (AvgIpc) is 3.15. The summed E-state index contributed by atoms with van der Waals surface area (Å²) in [5.41, 5.74) is 2.26. The summed E-state index contributed by atoms with van der Waals surface area (Å²) in [5.74, 6) is -3.02. The summed E-state index contributed by atoms with van der Waals surface area (Å²) in [6, 6.07) is 3.90. The van der Waals surface area contributed by atoms with Crippen molar-refractivity contribution in [3.63, 3.8) is 0 Å². The highest BCUT2D eigenvalue weighted by atomic mass is 32.1. The topological polar surface area (TPSA) is 90.9 Å². The van der Waals surface area contributed by atoms with Crippen molar-refractivity contribution in [3.8, 4) is 0 Å². The number of esters is 2. The summed E-state index contributed by atoms with van der Waals surface area (Å²) in [4.78, 5) is 41.1. The van der Waals surface area contributed by atoms with Gasteiger partial charge in [-0.2, -0.15) is 0 Å². The van der Waals surface area contributed by atoms with Crippen LogP contribution in [0.5, 0.6) is 0 Å². The van der Waals surface area contributed by atoms with E-state index in [1.54, 1.807) is 0 Å². The van der Waals surface area contributed by atoms with Crippen molar-refractivity contribution in [2.24, 2.45) is 11.8 Å². The first-order chi connectivity index (χ1) is 15.1. The van der Waals surface area contributed by atoms with Crippen LogP contribution in [0, 0.1) is 18.8 Å². The molecule has 0 saturated heterocycles. The Kier molecular flexibility index (Phi) is 7.56. The Morgan fingerprint density at radius 1 is 1.22 bits per heavy atom. The largest absolute Gasteiger partial charge is 0.468 e. The second-order valence-electron chi connectivity index (χ2n) is 8.54. The number of allylic oxidation sites excluding steroid dienone is 3. The highest BCUT2D eigenvalue weighted by molar-refractivity contribution is 7.12. The molecule has 7 nitrogen and oxygen atoms in total. The zero-order chi connectivity index (χ0) is 23.6. The maximum Gasteiger partial charge on any atom is 0.336 e. The van der Waals surface area contributed by atoms with Crippen LogP contribution in [0.3, 0.4) is 0 Å². The second-order valence-corrected chi connectivity index (χ2v) is 9.86. The van der Waals surface area contributed by atoms with E-state index in [-0.39, 0.29) is 24.4 Å². The first kappa shape index (κ1) is 24.2. The van der Waals surface area contributed by atoms with Crippen molar-refractivity contribution in [1.82, 2.24) is 5.32 Å². The van der Waals surface area contributed by atoms with Gasteiger partial charge in [-0.05, 0) is 52.2 Å². The molecule has 0 saturated carbocycles. The van der Waals surface area contributed by atoms with Gasteiger partial charge in [-0.1, -0.05) is 6.92 Å². The normalized spacial score (nSPS) is 23.2. The van der Waals surface area contributed by atoms with Crippen molar-refractivity contribution in [2.45, 2.75) is 53.1 Å². The van der Waals surface area contributed by atoms with Gasteiger partial charge in [-0.15, -0.1) is 11.3 Å². The third kappa shape index (κ3) is 4.81. The molecular formula is C24H31NO6S. The summed E-state index contributed by atoms with van der Waals surface area (Å²) in [6.45, 7) is 9.90. The lowest BCUT2D eigenvalue weighted by atomic mass is 9.70. The van der Waals surface area contributed by atoms with Gasteiger partial charge < -0.3 is 19.5 Å². The summed E-state index contributed by atoms with van der Waals surface area (Å²) in [7, 11) is 1.29. The maximum absolute atomic E-state index is 13.6. The van der Waals surface area contributed by atoms with Gasteiger partial charge in [0.15, 0.2) is 5.78 Å². The molecule has 0 spiro atoms. The van der Waals surface area contributed by atoms with Crippen molar-refractivity contribution in [2.75, 3.05) is 20.3 Å². The monoisotopic (exact) mass is 461 g/mol. The third-order valence-corrected chi connectivity index (χ3v) is 6.84. The number of hydrogen-bond donors (Lipinski definition) is 1. The first-order valence-electron chi connectivity index (χ1n) is 10.8. The number of ether oxygens (including phenoxy) is 3. The van der Waals surface area contributed by atoms with Crippen molar-refractivity contribution in [1.29, 1.82) is 0 Å². The van der Waals surface area contributed by atoms with E-state index in [0.29, 0.717) is 29.9 Å². The minimum Gasteiger partial charge on any atom is -0.468 e. The van der Waals surface area contributed by atoms with Crippen LogP contribution in [-0.4, -0.2) is 44.1 Å². The van der Waals surface area contributed by atoms with Gasteiger partial charge in [-0.25, -0.2) is 4.79 Å². The molecule has 0 radical (unpaired) electrons. The van der Waals surface area contributed by atoms with E-state index in [1.807, 2.05) is 46.8 Å². The van der Waals surface area contributed by atoms with Gasteiger partial charge in [0.25, 0.3) is 0 Å². The third-order valence-electron chi connectivity index (χ3n) is 5.78. The van der Waals surface area contributed by atoms with Crippen LogP contribution < -0.4 is 5.32 Å². The van der Waals surface area contributed by atoms with Gasteiger partial charge in [0, 0.05) is 26.7 Å². The van der Waals surface area contributed by atoms with Gasteiger partial charge in [0.2, 0.25) is 0 Å². The van der Waals surface area contributed by atoms with Crippen LogP contribution in [0.2, 0.25) is 0 Å². The van der Waals surface area contributed by atoms with E-state index in [1.165, 1.54) is 18.4 Å². The summed E-state index contributed by atoms with van der Waals surface area (Å²) >= 11 is 1.53. The number of carbonyl (C=O) groups is 3. The predicted molar refractivity (Wildman–Crippen MR) is 121 cm³/mol. The molecule has 174 valence electrons. The Bertz CT molecular complexity index is 973. The summed E-state index contributed by atoms with van der Waals surface area (Å²) in [6.07, 6.45) is 0.557. The van der Waals surface area contributed by atoms with E-state index in [9.17, 15) is 14.4 Å². The number of Topliss-reactive ketones (excluding diaryl/α,β-unsaturated/α-hetero) is 1. The molecule has 1 aliphatic heterocycles. The minimum atomic E-state index is -0.890. The van der Waals surface area contributed by atoms with Crippen LogP contribution >= 0.6 is 11.3 Å². The van der Waals surface area contributed by atoms with Crippen LogP contribution in [0.25, 0.3) is 0 Å². The molecule has 3 atom stereocenters. The molecule has 0 bridgehead atoms. The molecule has 0 unspecified atom stereocenters. The molecular weight excluding hydrogens is 430 g/mol. The number of nitrogens with one attached hydrogen (secondary N) is 1. The molecule has 1 aromatic rings. The zero-order valence-electron chi connectivity index (χ0n) is 19.4. The Labute approximate surface area is 192 Å². The lowest BCUT2D eigenvalue weighted by Gasteiger charge is -2.37. The van der Waals surface area contributed by atoms with Gasteiger partial charge in [0.05, 0.1) is 31.3 Å². The molecule has 1 aliphatic carbocycles. The van der Waals surface area contributed by atoms with E-state index in [0.717, 1.165) is 15.5 Å². The average molecular weight is 462 g/mol. The Morgan fingerprint density at radius 3 is 2.53 bits per heavy atom. The molecule has 1 aromatic heterocycles. The number of aryl methyl sites for hydroxylation is 1. The molecule has 32 heavy (non-hydrogen) atoms. The second kappa shape index (κ2) is 10.0. The number of dihydropyridines is 1. The Balaban J connectivity index is 2.00. The Morgan fingerprint density at radius 2 is 1.94 bits per heavy atom. The smallest absolute Gasteiger partial charge is 0.336 e. The maximum atomic E-state index is 13.6. The van der Waals surface area contributed by atoms with Crippen molar-refractivity contribution in [3.05, 3.63) is 44.4 Å². The number of ketones is 1. The molecule has 0 aromatic carbocycles. The van der Waals surface area contributed by atoms with Crippen LogP contribution in [0.15, 0.2) is 34.7 Å². The van der Waals surface area contributed by atoms with E-state index in [4.69, 9.17) is 14.2 Å². The highest BCUT2D eigenvalue weighted by Crippen LogP contribution is 2.46. The number of carbonyl (C=O) groups excluding carboxylic acids is 3. The summed E-state index contributed by atoms with van der Waals surface area (Å²) < 4.78 is 15.9.